The molecule has 0 atom stereocenters. The van der Waals surface area contributed by atoms with Crippen molar-refractivity contribution in [3.63, 3.8) is 0 Å². The third-order valence-electron chi connectivity index (χ3n) is 3.77. The van der Waals surface area contributed by atoms with Crippen molar-refractivity contribution in [3.05, 3.63) is 29.8 Å². The van der Waals surface area contributed by atoms with Gasteiger partial charge in [-0.15, -0.1) is 24.0 Å². The Morgan fingerprint density at radius 3 is 2.55 bits per heavy atom. The number of nitrogens with two attached hydrogens (primary N) is 1. The summed E-state index contributed by atoms with van der Waals surface area (Å²) in [6.45, 7) is 3.57. The molecule has 0 saturated heterocycles. The van der Waals surface area contributed by atoms with E-state index in [-0.39, 0.29) is 24.0 Å². The Morgan fingerprint density at radius 1 is 1.23 bits per heavy atom. The summed E-state index contributed by atoms with van der Waals surface area (Å²) >= 11 is 0. The van der Waals surface area contributed by atoms with Crippen LogP contribution in [0.2, 0.25) is 0 Å². The Balaban J connectivity index is 0.00000242. The number of hydrogen-bond acceptors (Lipinski definition) is 2. The van der Waals surface area contributed by atoms with E-state index in [1.54, 1.807) is 0 Å². The van der Waals surface area contributed by atoms with Crippen molar-refractivity contribution >= 4 is 29.9 Å². The Labute approximate surface area is 150 Å². The average molecular weight is 417 g/mol. The van der Waals surface area contributed by atoms with E-state index in [0.717, 1.165) is 24.3 Å². The molecule has 2 rings (SSSR count). The molecule has 1 aliphatic rings. The molecule has 1 saturated carbocycles. The van der Waals surface area contributed by atoms with E-state index in [1.807, 2.05) is 12.1 Å². The quantitative estimate of drug-likeness (QED) is 0.420. The summed E-state index contributed by atoms with van der Waals surface area (Å²) in [5, 5.41) is 3.07. The zero-order valence-corrected chi connectivity index (χ0v) is 15.7. The molecule has 4 nitrogen and oxygen atoms in total. The maximum absolute atomic E-state index is 6.02. The highest BCUT2D eigenvalue weighted by molar-refractivity contribution is 14.0. The number of guanidine groups is 1. The fourth-order valence-electron chi connectivity index (χ4n) is 2.53. The summed E-state index contributed by atoms with van der Waals surface area (Å²) in [6.07, 6.45) is 7.75. The van der Waals surface area contributed by atoms with Crippen LogP contribution in [-0.2, 0) is 6.54 Å². The lowest BCUT2D eigenvalue weighted by Crippen LogP contribution is -2.32. The molecule has 0 heterocycles. The van der Waals surface area contributed by atoms with E-state index in [4.69, 9.17) is 10.5 Å². The molecule has 0 unspecified atom stereocenters. The third-order valence-corrected chi connectivity index (χ3v) is 3.77. The Kier molecular flexibility index (Phi) is 9.27. The van der Waals surface area contributed by atoms with Gasteiger partial charge < -0.3 is 15.8 Å². The van der Waals surface area contributed by atoms with E-state index in [9.17, 15) is 0 Å². The number of ether oxygens (including phenoxy) is 1. The normalized spacial score (nSPS) is 16.0. The monoisotopic (exact) mass is 417 g/mol. The van der Waals surface area contributed by atoms with Crippen LogP contribution >= 0.6 is 24.0 Å². The minimum absolute atomic E-state index is 0. The topological polar surface area (TPSA) is 59.6 Å². The summed E-state index contributed by atoms with van der Waals surface area (Å²) in [5.74, 6) is 1.48. The van der Waals surface area contributed by atoms with Crippen LogP contribution in [0.15, 0.2) is 29.3 Å². The van der Waals surface area contributed by atoms with Crippen molar-refractivity contribution in [1.29, 1.82) is 0 Å². The van der Waals surface area contributed by atoms with Crippen LogP contribution in [0.3, 0.4) is 0 Å². The number of halogens is 1. The molecule has 22 heavy (non-hydrogen) atoms. The van der Waals surface area contributed by atoms with Crippen molar-refractivity contribution in [2.24, 2.45) is 10.7 Å². The standard InChI is InChI=1S/C17H27N3O.HI/c1-2-12-19-17(18)20-13-14-8-10-16(11-9-14)21-15-6-4-3-5-7-15;/h8-11,15H,2-7,12-13H2,1H3,(H3,18,19,20);1H. The second-order valence-electron chi connectivity index (χ2n) is 5.65. The van der Waals surface area contributed by atoms with E-state index < -0.39 is 0 Å². The number of nitrogens with one attached hydrogen (secondary N) is 1. The van der Waals surface area contributed by atoms with E-state index in [1.165, 1.54) is 32.1 Å². The molecule has 0 aliphatic heterocycles. The minimum atomic E-state index is 0. The zero-order chi connectivity index (χ0) is 14.9. The Morgan fingerprint density at radius 2 is 1.91 bits per heavy atom. The van der Waals surface area contributed by atoms with Crippen LogP contribution in [0.4, 0.5) is 0 Å². The number of nitrogens with zero attached hydrogens (tertiary/aromatic N) is 1. The van der Waals surface area contributed by atoms with E-state index >= 15 is 0 Å². The van der Waals surface area contributed by atoms with Crippen LogP contribution in [0, 0.1) is 0 Å². The first kappa shape index (κ1) is 19.1. The molecule has 5 heteroatoms. The second-order valence-corrected chi connectivity index (χ2v) is 5.65. The summed E-state index contributed by atoms with van der Waals surface area (Å²) in [6, 6.07) is 8.20. The van der Waals surface area contributed by atoms with Gasteiger partial charge in [-0.1, -0.05) is 25.5 Å². The largest absolute Gasteiger partial charge is 0.490 e. The molecule has 0 spiro atoms. The van der Waals surface area contributed by atoms with E-state index in [0.29, 0.717) is 18.6 Å². The second kappa shape index (κ2) is 10.7. The predicted molar refractivity (Wildman–Crippen MR) is 103 cm³/mol. The van der Waals surface area contributed by atoms with Crippen LogP contribution in [0.5, 0.6) is 5.75 Å². The fourth-order valence-corrected chi connectivity index (χ4v) is 2.53. The van der Waals surface area contributed by atoms with Gasteiger partial charge in [0.2, 0.25) is 0 Å². The summed E-state index contributed by atoms with van der Waals surface area (Å²) in [4.78, 5) is 4.32. The maximum Gasteiger partial charge on any atom is 0.188 e. The van der Waals surface area contributed by atoms with Crippen LogP contribution in [0.25, 0.3) is 0 Å². The highest BCUT2D eigenvalue weighted by Gasteiger charge is 2.14. The van der Waals surface area contributed by atoms with Crippen molar-refractivity contribution in [2.75, 3.05) is 6.54 Å². The first-order valence-corrected chi connectivity index (χ1v) is 8.07. The van der Waals surface area contributed by atoms with Gasteiger partial charge in [-0.2, -0.15) is 0 Å². The first-order valence-electron chi connectivity index (χ1n) is 8.07. The number of hydrogen-bond donors (Lipinski definition) is 2. The lowest BCUT2D eigenvalue weighted by atomic mass is 9.98. The molecular formula is C17H28IN3O. The molecule has 124 valence electrons. The molecule has 0 bridgehead atoms. The van der Waals surface area contributed by atoms with Gasteiger partial charge in [-0.3, -0.25) is 0 Å². The SMILES string of the molecule is CCCNC(N)=NCc1ccc(OC2CCCCC2)cc1.I. The molecule has 0 amide bonds. The third kappa shape index (κ3) is 6.85. The summed E-state index contributed by atoms with van der Waals surface area (Å²) in [5.41, 5.74) is 6.92. The molecular weight excluding hydrogens is 389 g/mol. The van der Waals surface area contributed by atoms with Crippen LogP contribution in [0.1, 0.15) is 51.0 Å². The van der Waals surface area contributed by atoms with Gasteiger partial charge in [0, 0.05) is 6.54 Å². The van der Waals surface area contributed by atoms with Gasteiger partial charge >= 0.3 is 0 Å². The van der Waals surface area contributed by atoms with Gasteiger partial charge in [0.15, 0.2) is 5.96 Å². The molecule has 0 aromatic heterocycles. The Hall–Kier alpha value is -0.980. The number of benzene rings is 1. The highest BCUT2D eigenvalue weighted by atomic mass is 127. The van der Waals surface area contributed by atoms with E-state index in [2.05, 4.69) is 29.4 Å². The average Bonchev–Trinajstić information content (AvgIpc) is 2.53. The predicted octanol–water partition coefficient (Wildman–Crippen LogP) is 3.83. The van der Waals surface area contributed by atoms with Crippen molar-refractivity contribution < 1.29 is 4.74 Å². The lowest BCUT2D eigenvalue weighted by Gasteiger charge is -2.23. The maximum atomic E-state index is 6.02. The minimum Gasteiger partial charge on any atom is -0.490 e. The van der Waals surface area contributed by atoms with Gasteiger partial charge in [0.05, 0.1) is 12.6 Å². The molecule has 1 aromatic carbocycles. The van der Waals surface area contributed by atoms with Crippen LogP contribution < -0.4 is 15.8 Å². The van der Waals surface area contributed by atoms with Gasteiger partial charge in [0.1, 0.15) is 5.75 Å². The molecule has 1 fully saturated rings. The highest BCUT2D eigenvalue weighted by Crippen LogP contribution is 2.23. The van der Waals surface area contributed by atoms with Crippen molar-refractivity contribution in [3.8, 4) is 5.75 Å². The van der Waals surface area contributed by atoms with Crippen LogP contribution in [-0.4, -0.2) is 18.6 Å². The van der Waals surface area contributed by atoms with Gasteiger partial charge in [0.25, 0.3) is 0 Å². The zero-order valence-electron chi connectivity index (χ0n) is 13.4. The summed E-state index contributed by atoms with van der Waals surface area (Å²) < 4.78 is 6.02. The molecule has 0 radical (unpaired) electrons. The number of rotatable bonds is 6. The first-order chi connectivity index (χ1) is 10.3. The number of aliphatic imine (C=N–C) groups is 1. The molecule has 1 aromatic rings. The van der Waals surface area contributed by atoms with Gasteiger partial charge in [-0.25, -0.2) is 4.99 Å². The fraction of sp³-hybridized carbons (Fsp3) is 0.588. The summed E-state index contributed by atoms with van der Waals surface area (Å²) in [7, 11) is 0. The Bertz CT molecular complexity index is 442. The molecule has 1 aliphatic carbocycles. The van der Waals surface area contributed by atoms with Crippen molar-refractivity contribution in [2.45, 2.75) is 58.1 Å². The van der Waals surface area contributed by atoms with Gasteiger partial charge in [-0.05, 0) is 49.8 Å². The lowest BCUT2D eigenvalue weighted by molar-refractivity contribution is 0.155. The smallest absolute Gasteiger partial charge is 0.188 e. The molecule has 3 N–H and O–H groups in total. The van der Waals surface area contributed by atoms with Crippen molar-refractivity contribution in [1.82, 2.24) is 5.32 Å².